The van der Waals surface area contributed by atoms with Crippen molar-refractivity contribution in [3.63, 3.8) is 0 Å². The monoisotopic (exact) mass is 269 g/mol. The lowest BCUT2D eigenvalue weighted by atomic mass is 10.1. The summed E-state index contributed by atoms with van der Waals surface area (Å²) in [6.45, 7) is 1.97. The quantitative estimate of drug-likeness (QED) is 0.842. The van der Waals surface area contributed by atoms with Crippen molar-refractivity contribution in [3.05, 3.63) is 35.9 Å². The molecule has 1 saturated heterocycles. The number of imide groups is 1. The number of nitrogen functional groups attached to an aromatic ring is 1. The van der Waals surface area contributed by atoms with Crippen molar-refractivity contribution in [2.45, 2.75) is 19.9 Å². The van der Waals surface area contributed by atoms with Crippen LogP contribution in [0.5, 0.6) is 0 Å². The van der Waals surface area contributed by atoms with Crippen molar-refractivity contribution in [3.8, 4) is 0 Å². The van der Waals surface area contributed by atoms with Gasteiger partial charge in [0.15, 0.2) is 0 Å². The number of nitrogens with two attached hydrogens (primary N) is 1. The van der Waals surface area contributed by atoms with Crippen LogP contribution < -0.4 is 5.73 Å². The number of likely N-dealkylation sites (tertiary alicyclic amines) is 1. The number of carbonyl (C=O) groups excluding carboxylic acids is 2. The molecule has 2 amide bonds. The molecule has 1 atom stereocenters. The Hall–Kier alpha value is -2.43. The third-order valence-corrected chi connectivity index (χ3v) is 3.63. The van der Waals surface area contributed by atoms with Crippen LogP contribution in [-0.2, 0) is 16.1 Å². The number of amides is 2. The summed E-state index contributed by atoms with van der Waals surface area (Å²) in [4.78, 5) is 29.3. The van der Waals surface area contributed by atoms with Gasteiger partial charge < -0.3 is 5.73 Å². The van der Waals surface area contributed by atoms with Crippen molar-refractivity contribution in [1.82, 2.24) is 9.88 Å². The van der Waals surface area contributed by atoms with Gasteiger partial charge in [-0.05, 0) is 12.1 Å². The summed E-state index contributed by atoms with van der Waals surface area (Å²) >= 11 is 0. The molecule has 1 fully saturated rings. The molecule has 1 aliphatic rings. The first-order valence-electron chi connectivity index (χ1n) is 6.54. The molecular formula is C15H15N3O2. The van der Waals surface area contributed by atoms with Gasteiger partial charge in [0.2, 0.25) is 11.8 Å². The van der Waals surface area contributed by atoms with E-state index in [1.165, 1.54) is 4.90 Å². The minimum absolute atomic E-state index is 0.137. The van der Waals surface area contributed by atoms with E-state index in [1.807, 2.05) is 30.3 Å². The molecule has 5 heteroatoms. The van der Waals surface area contributed by atoms with E-state index < -0.39 is 0 Å². The second kappa shape index (κ2) is 4.59. The predicted octanol–water partition coefficient (Wildman–Crippen LogP) is 1.71. The number of pyridine rings is 1. The van der Waals surface area contributed by atoms with Crippen LogP contribution in [0.25, 0.3) is 10.9 Å². The van der Waals surface area contributed by atoms with Crippen molar-refractivity contribution in [1.29, 1.82) is 0 Å². The molecule has 1 aromatic heterocycles. The summed E-state index contributed by atoms with van der Waals surface area (Å²) in [6.07, 6.45) is 0.278. The zero-order valence-electron chi connectivity index (χ0n) is 11.2. The molecular weight excluding hydrogens is 254 g/mol. The Balaban J connectivity index is 1.97. The molecule has 5 nitrogen and oxygen atoms in total. The Kier molecular flexibility index (Phi) is 2.89. The lowest BCUT2D eigenvalue weighted by Crippen LogP contribution is -2.30. The highest BCUT2D eigenvalue weighted by molar-refractivity contribution is 6.03. The van der Waals surface area contributed by atoms with Crippen LogP contribution in [0.2, 0.25) is 0 Å². The molecule has 2 heterocycles. The number of hydrogen-bond donors (Lipinski definition) is 1. The SMILES string of the molecule is CC1CC(=O)N(Cc2cc3ccccc3nc2N)C1=O. The standard InChI is InChI=1S/C15H15N3O2/c1-9-6-13(19)18(15(9)20)8-11-7-10-4-2-3-5-12(10)17-14(11)16/h2-5,7,9H,6,8H2,1H3,(H2,16,17). The fraction of sp³-hybridized carbons (Fsp3) is 0.267. The maximum absolute atomic E-state index is 11.9. The first-order valence-corrected chi connectivity index (χ1v) is 6.54. The molecule has 3 rings (SSSR count). The molecule has 20 heavy (non-hydrogen) atoms. The number of carbonyl (C=O) groups is 2. The minimum atomic E-state index is -0.239. The number of aromatic nitrogens is 1. The molecule has 102 valence electrons. The largest absolute Gasteiger partial charge is 0.383 e. The smallest absolute Gasteiger partial charge is 0.232 e. The van der Waals surface area contributed by atoms with Crippen LogP contribution in [0.15, 0.2) is 30.3 Å². The van der Waals surface area contributed by atoms with Gasteiger partial charge in [-0.15, -0.1) is 0 Å². The number of rotatable bonds is 2. The van der Waals surface area contributed by atoms with Crippen molar-refractivity contribution in [2.24, 2.45) is 5.92 Å². The van der Waals surface area contributed by atoms with Gasteiger partial charge >= 0.3 is 0 Å². The molecule has 0 bridgehead atoms. The van der Waals surface area contributed by atoms with Gasteiger partial charge in [-0.2, -0.15) is 0 Å². The van der Waals surface area contributed by atoms with Crippen LogP contribution in [-0.4, -0.2) is 21.7 Å². The number of fused-ring (bicyclic) bond motifs is 1. The van der Waals surface area contributed by atoms with Crippen molar-refractivity contribution in [2.75, 3.05) is 5.73 Å². The fourth-order valence-electron chi connectivity index (χ4n) is 2.49. The summed E-state index contributed by atoms with van der Waals surface area (Å²) in [7, 11) is 0. The number of para-hydroxylation sites is 1. The Bertz CT molecular complexity index is 711. The molecule has 0 radical (unpaired) electrons. The van der Waals surface area contributed by atoms with E-state index >= 15 is 0 Å². The van der Waals surface area contributed by atoms with E-state index in [9.17, 15) is 9.59 Å². The molecule has 0 aliphatic carbocycles. The average Bonchev–Trinajstić information content (AvgIpc) is 2.66. The normalized spacial score (nSPS) is 19.1. The number of hydrogen-bond acceptors (Lipinski definition) is 4. The van der Waals surface area contributed by atoms with Gasteiger partial charge in [0.05, 0.1) is 12.1 Å². The molecule has 1 unspecified atom stereocenters. The summed E-state index contributed by atoms with van der Waals surface area (Å²) in [6, 6.07) is 9.51. The summed E-state index contributed by atoms with van der Waals surface area (Å²) in [5, 5.41) is 0.948. The second-order valence-corrected chi connectivity index (χ2v) is 5.15. The van der Waals surface area contributed by atoms with Crippen LogP contribution in [0, 0.1) is 5.92 Å². The van der Waals surface area contributed by atoms with E-state index in [0.717, 1.165) is 10.9 Å². The van der Waals surface area contributed by atoms with Gasteiger partial charge in [-0.1, -0.05) is 25.1 Å². The molecule has 0 spiro atoms. The fourth-order valence-corrected chi connectivity index (χ4v) is 2.49. The number of anilines is 1. The second-order valence-electron chi connectivity index (χ2n) is 5.15. The van der Waals surface area contributed by atoms with Crippen LogP contribution in [0.4, 0.5) is 5.82 Å². The number of benzene rings is 1. The van der Waals surface area contributed by atoms with Crippen molar-refractivity contribution >= 4 is 28.5 Å². The third kappa shape index (κ3) is 2.01. The van der Waals surface area contributed by atoms with E-state index in [4.69, 9.17) is 5.73 Å². The lowest BCUT2D eigenvalue weighted by Gasteiger charge is -2.16. The lowest BCUT2D eigenvalue weighted by molar-refractivity contribution is -0.139. The molecule has 1 aliphatic heterocycles. The van der Waals surface area contributed by atoms with E-state index in [1.54, 1.807) is 6.92 Å². The maximum atomic E-state index is 11.9. The topological polar surface area (TPSA) is 76.3 Å². The molecule has 0 saturated carbocycles. The molecule has 1 aromatic carbocycles. The Morgan fingerprint density at radius 3 is 2.80 bits per heavy atom. The van der Waals surface area contributed by atoms with E-state index in [0.29, 0.717) is 11.4 Å². The first-order chi connectivity index (χ1) is 9.56. The Morgan fingerprint density at radius 1 is 1.35 bits per heavy atom. The number of nitrogens with zero attached hydrogens (tertiary/aromatic N) is 2. The Labute approximate surface area is 116 Å². The zero-order chi connectivity index (χ0) is 14.3. The molecule has 2 aromatic rings. The minimum Gasteiger partial charge on any atom is -0.383 e. The van der Waals surface area contributed by atoms with E-state index in [2.05, 4.69) is 4.98 Å². The predicted molar refractivity (Wildman–Crippen MR) is 75.5 cm³/mol. The van der Waals surface area contributed by atoms with Gasteiger partial charge in [0.25, 0.3) is 0 Å². The van der Waals surface area contributed by atoms with Crippen LogP contribution in [0.3, 0.4) is 0 Å². The van der Waals surface area contributed by atoms with E-state index in [-0.39, 0.29) is 30.7 Å². The van der Waals surface area contributed by atoms with Gasteiger partial charge in [-0.3, -0.25) is 14.5 Å². The zero-order valence-corrected chi connectivity index (χ0v) is 11.2. The van der Waals surface area contributed by atoms with Gasteiger partial charge in [0, 0.05) is 23.3 Å². The van der Waals surface area contributed by atoms with Crippen LogP contribution in [0.1, 0.15) is 18.9 Å². The highest BCUT2D eigenvalue weighted by Crippen LogP contribution is 2.24. The average molecular weight is 269 g/mol. The van der Waals surface area contributed by atoms with Gasteiger partial charge in [0.1, 0.15) is 5.82 Å². The third-order valence-electron chi connectivity index (χ3n) is 3.63. The summed E-state index contributed by atoms with van der Waals surface area (Å²) in [5.74, 6) is -0.154. The maximum Gasteiger partial charge on any atom is 0.232 e. The summed E-state index contributed by atoms with van der Waals surface area (Å²) in [5.41, 5.74) is 7.44. The molecule has 2 N–H and O–H groups in total. The summed E-state index contributed by atoms with van der Waals surface area (Å²) < 4.78 is 0. The van der Waals surface area contributed by atoms with Crippen LogP contribution >= 0.6 is 0 Å². The van der Waals surface area contributed by atoms with Crippen molar-refractivity contribution < 1.29 is 9.59 Å². The first kappa shape index (κ1) is 12.6. The highest BCUT2D eigenvalue weighted by atomic mass is 16.2. The van der Waals surface area contributed by atoms with Gasteiger partial charge in [-0.25, -0.2) is 4.98 Å². The highest BCUT2D eigenvalue weighted by Gasteiger charge is 2.35. The Morgan fingerprint density at radius 2 is 2.10 bits per heavy atom.